The smallest absolute Gasteiger partial charge is 0.275 e. The summed E-state index contributed by atoms with van der Waals surface area (Å²) in [4.78, 5) is 39.6. The number of amides is 1. The lowest BCUT2D eigenvalue weighted by atomic mass is 9.85. The number of hydrogen-bond donors (Lipinski definition) is 1. The van der Waals surface area contributed by atoms with Gasteiger partial charge in [-0.15, -0.1) is 10.2 Å². The summed E-state index contributed by atoms with van der Waals surface area (Å²) in [6.45, 7) is 1.56. The second-order valence-electron chi connectivity index (χ2n) is 9.82. The number of Topliss-reactive ketones (excluding diaryl/α,β-unsaturated/α-hetero) is 1. The van der Waals surface area contributed by atoms with Crippen LogP contribution >= 0.6 is 11.3 Å². The molecular formula is C25H23F2N5O4S. The first kappa shape index (κ1) is 23.7. The van der Waals surface area contributed by atoms with Crippen molar-refractivity contribution in [3.05, 3.63) is 62.5 Å². The molecule has 3 aliphatic rings. The number of aromatic nitrogens is 3. The zero-order chi connectivity index (χ0) is 26.3. The van der Waals surface area contributed by atoms with E-state index in [-0.39, 0.29) is 45.7 Å². The van der Waals surface area contributed by atoms with Crippen molar-refractivity contribution in [3.63, 3.8) is 0 Å². The van der Waals surface area contributed by atoms with Crippen LogP contribution in [0, 0.1) is 23.0 Å². The molecule has 2 aromatic heterocycles. The van der Waals surface area contributed by atoms with Gasteiger partial charge in [0, 0.05) is 25.7 Å². The minimum absolute atomic E-state index is 0.0284. The van der Waals surface area contributed by atoms with Gasteiger partial charge < -0.3 is 10.1 Å². The molecule has 9 nitrogen and oxygen atoms in total. The summed E-state index contributed by atoms with van der Waals surface area (Å²) in [6.07, 6.45) is 3.69. The van der Waals surface area contributed by atoms with E-state index >= 15 is 0 Å². The molecule has 192 valence electrons. The van der Waals surface area contributed by atoms with Crippen LogP contribution in [0.5, 0.6) is 5.75 Å². The van der Waals surface area contributed by atoms with Crippen LogP contribution < -0.4 is 20.5 Å². The van der Waals surface area contributed by atoms with Gasteiger partial charge in [-0.2, -0.15) is 0 Å². The number of benzene rings is 1. The van der Waals surface area contributed by atoms with E-state index in [1.807, 2.05) is 5.01 Å². The van der Waals surface area contributed by atoms with Crippen molar-refractivity contribution in [3.8, 4) is 16.3 Å². The lowest BCUT2D eigenvalue weighted by Gasteiger charge is -2.50. The number of hydrogen-bond acceptors (Lipinski definition) is 8. The van der Waals surface area contributed by atoms with Gasteiger partial charge in [-0.3, -0.25) is 24.1 Å². The van der Waals surface area contributed by atoms with Crippen LogP contribution in [0.15, 0.2) is 29.2 Å². The van der Waals surface area contributed by atoms with E-state index in [2.05, 4.69) is 15.5 Å². The molecule has 1 N–H and O–H groups in total. The van der Waals surface area contributed by atoms with E-state index < -0.39 is 34.0 Å². The average Bonchev–Trinajstić information content (AvgIpc) is 3.29. The van der Waals surface area contributed by atoms with Crippen LogP contribution in [0.4, 0.5) is 8.78 Å². The molecule has 12 heteroatoms. The van der Waals surface area contributed by atoms with Crippen molar-refractivity contribution in [1.82, 2.24) is 20.2 Å². The Balaban J connectivity index is 1.44. The standard InChI is InChI=1S/C25H23F2N5O4S/c1-12(33)24-10-14(24)6-7-25(24)28-22(35)19-21(36-3)20(34)16(11-32(19)31(25)2)23-30-29-18(37-23)8-13-4-5-15(26)9-17(13)27/h4-5,9,11,14H,6-8,10H2,1-3H3,(H,28,35)/t14-,24-,25?/m1/s1. The third-order valence-electron chi connectivity index (χ3n) is 8.14. The molecule has 2 aliphatic carbocycles. The normalized spacial score (nSPS) is 25.6. The van der Waals surface area contributed by atoms with Crippen molar-refractivity contribution in [2.75, 3.05) is 19.2 Å². The Labute approximate surface area is 214 Å². The predicted octanol–water partition coefficient (Wildman–Crippen LogP) is 2.64. The van der Waals surface area contributed by atoms with Crippen LogP contribution in [0.2, 0.25) is 0 Å². The number of ether oxygens (including phenoxy) is 1. The number of nitrogens with one attached hydrogen (secondary N) is 1. The maximum Gasteiger partial charge on any atom is 0.275 e. The van der Waals surface area contributed by atoms with Gasteiger partial charge in [0.15, 0.2) is 16.5 Å². The molecule has 0 saturated heterocycles. The molecule has 2 fully saturated rings. The molecule has 37 heavy (non-hydrogen) atoms. The fourth-order valence-electron chi connectivity index (χ4n) is 6.28. The van der Waals surface area contributed by atoms with Gasteiger partial charge >= 0.3 is 0 Å². The Morgan fingerprint density at radius 1 is 1.30 bits per heavy atom. The van der Waals surface area contributed by atoms with Crippen molar-refractivity contribution in [2.24, 2.45) is 11.3 Å². The lowest BCUT2D eigenvalue weighted by molar-refractivity contribution is -0.125. The fourth-order valence-corrected chi connectivity index (χ4v) is 7.15. The molecule has 3 heterocycles. The Kier molecular flexibility index (Phi) is 5.07. The van der Waals surface area contributed by atoms with Crippen molar-refractivity contribution in [1.29, 1.82) is 0 Å². The molecule has 1 aromatic carbocycles. The number of methoxy groups -OCH3 is 1. The number of nitrogens with zero attached hydrogens (tertiary/aromatic N) is 4. The molecule has 1 spiro atoms. The monoisotopic (exact) mass is 527 g/mol. The van der Waals surface area contributed by atoms with Crippen molar-refractivity contribution < 1.29 is 23.1 Å². The third-order valence-corrected chi connectivity index (χ3v) is 9.10. The minimum atomic E-state index is -0.919. The van der Waals surface area contributed by atoms with E-state index in [0.717, 1.165) is 23.8 Å². The Bertz CT molecular complexity index is 1550. The van der Waals surface area contributed by atoms with Gasteiger partial charge in [0.25, 0.3) is 5.91 Å². The van der Waals surface area contributed by atoms with Gasteiger partial charge in [0.1, 0.15) is 28.1 Å². The summed E-state index contributed by atoms with van der Waals surface area (Å²) in [5.41, 5.74) is -1.70. The van der Waals surface area contributed by atoms with Gasteiger partial charge in [0.2, 0.25) is 5.43 Å². The molecule has 1 amide bonds. The summed E-state index contributed by atoms with van der Waals surface area (Å²) >= 11 is 1.09. The number of halogens is 2. The van der Waals surface area contributed by atoms with Gasteiger partial charge in [-0.1, -0.05) is 17.4 Å². The molecule has 0 radical (unpaired) electrons. The average molecular weight is 528 g/mol. The van der Waals surface area contributed by atoms with Crippen LogP contribution in [0.25, 0.3) is 10.6 Å². The molecule has 0 bridgehead atoms. The number of rotatable bonds is 5. The Morgan fingerprint density at radius 2 is 2.08 bits per heavy atom. The van der Waals surface area contributed by atoms with Crippen molar-refractivity contribution in [2.45, 2.75) is 38.3 Å². The van der Waals surface area contributed by atoms with Crippen LogP contribution in [0.1, 0.15) is 47.2 Å². The number of fused-ring (bicyclic) bond motifs is 3. The van der Waals surface area contributed by atoms with Crippen LogP contribution in [-0.4, -0.2) is 46.4 Å². The minimum Gasteiger partial charge on any atom is -0.491 e. The van der Waals surface area contributed by atoms with Gasteiger partial charge in [-0.25, -0.2) is 8.78 Å². The molecule has 6 rings (SSSR count). The Morgan fingerprint density at radius 3 is 2.76 bits per heavy atom. The molecule has 1 unspecified atom stereocenters. The van der Waals surface area contributed by atoms with Gasteiger partial charge in [-0.05, 0) is 43.7 Å². The zero-order valence-corrected chi connectivity index (χ0v) is 21.1. The predicted molar refractivity (Wildman–Crippen MR) is 130 cm³/mol. The number of ketones is 1. The number of carbonyl (C=O) groups is 2. The van der Waals surface area contributed by atoms with E-state index in [9.17, 15) is 23.2 Å². The first-order valence-electron chi connectivity index (χ1n) is 11.8. The van der Waals surface area contributed by atoms with E-state index in [1.165, 1.54) is 25.4 Å². The van der Waals surface area contributed by atoms with Crippen LogP contribution in [-0.2, 0) is 11.2 Å². The summed E-state index contributed by atoms with van der Waals surface area (Å²) in [6, 6.07) is 3.31. The number of carbonyl (C=O) groups excluding carboxylic acids is 2. The number of pyridine rings is 1. The van der Waals surface area contributed by atoms with E-state index in [1.54, 1.807) is 18.6 Å². The highest BCUT2D eigenvalue weighted by Crippen LogP contribution is 2.69. The third kappa shape index (κ3) is 3.14. The highest BCUT2D eigenvalue weighted by atomic mass is 32.1. The first-order valence-corrected chi connectivity index (χ1v) is 12.6. The zero-order valence-electron chi connectivity index (χ0n) is 20.3. The molecule has 3 atom stereocenters. The Hall–Kier alpha value is -3.67. The highest BCUT2D eigenvalue weighted by Gasteiger charge is 2.76. The second-order valence-corrected chi connectivity index (χ2v) is 10.9. The summed E-state index contributed by atoms with van der Waals surface area (Å²) < 4.78 is 34.4. The molecular weight excluding hydrogens is 504 g/mol. The SMILES string of the molecule is COc1c2n(cc(-c3nnc(Cc4ccc(F)cc4F)s3)c1=O)N(C)C1(CC[C@@H]3C[C@@]31C(C)=O)NC2=O. The fraction of sp³-hybridized carbons (Fsp3) is 0.400. The highest BCUT2D eigenvalue weighted by molar-refractivity contribution is 7.14. The maximum atomic E-state index is 14.1. The summed E-state index contributed by atoms with van der Waals surface area (Å²) in [7, 11) is 3.09. The quantitative estimate of drug-likeness (QED) is 0.544. The summed E-state index contributed by atoms with van der Waals surface area (Å²) in [5.74, 6) is -1.78. The van der Waals surface area contributed by atoms with Gasteiger partial charge in [0.05, 0.1) is 18.1 Å². The molecule has 3 aromatic rings. The molecule has 2 saturated carbocycles. The largest absolute Gasteiger partial charge is 0.491 e. The van der Waals surface area contributed by atoms with Crippen molar-refractivity contribution >= 4 is 23.0 Å². The topological polar surface area (TPSA) is 106 Å². The van der Waals surface area contributed by atoms with Crippen LogP contribution in [0.3, 0.4) is 0 Å². The van der Waals surface area contributed by atoms with E-state index in [4.69, 9.17) is 4.74 Å². The first-order chi connectivity index (χ1) is 17.6. The van der Waals surface area contributed by atoms with E-state index in [0.29, 0.717) is 17.8 Å². The molecule has 1 aliphatic heterocycles. The second kappa shape index (κ2) is 7.91. The summed E-state index contributed by atoms with van der Waals surface area (Å²) in [5, 5.41) is 13.8. The maximum absolute atomic E-state index is 14.1. The lowest BCUT2D eigenvalue weighted by Crippen LogP contribution is -2.72.